The zero-order chi connectivity index (χ0) is 20.3. The van der Waals surface area contributed by atoms with E-state index in [1.54, 1.807) is 0 Å². The average Bonchev–Trinajstić information content (AvgIpc) is 2.65. The molecule has 1 amide bonds. The van der Waals surface area contributed by atoms with Gasteiger partial charge in [0.25, 0.3) is 0 Å². The standard InChI is InChI=1S/C22H29N3O2S/c1-6-25(7-2)19(26)14-28-21-17-13-27-22(4,5)12-18(17)23-20(24-21)16-10-8-9-15(3)11-16/h8-11H,6-7,12-14H2,1-5H3. The van der Waals surface area contributed by atoms with Gasteiger partial charge in [-0.25, -0.2) is 9.97 Å². The van der Waals surface area contributed by atoms with E-state index in [9.17, 15) is 4.79 Å². The Hall–Kier alpha value is -1.92. The maximum atomic E-state index is 12.5. The zero-order valence-electron chi connectivity index (χ0n) is 17.4. The highest BCUT2D eigenvalue weighted by Crippen LogP contribution is 2.34. The lowest BCUT2D eigenvalue weighted by molar-refractivity contribution is -0.127. The van der Waals surface area contributed by atoms with E-state index < -0.39 is 0 Å². The summed E-state index contributed by atoms with van der Waals surface area (Å²) in [5.74, 6) is 1.23. The third-order valence-corrected chi connectivity index (χ3v) is 5.98. The molecule has 150 valence electrons. The van der Waals surface area contributed by atoms with Crippen molar-refractivity contribution in [3.63, 3.8) is 0 Å². The van der Waals surface area contributed by atoms with Crippen LogP contribution in [-0.4, -0.2) is 45.2 Å². The van der Waals surface area contributed by atoms with Gasteiger partial charge >= 0.3 is 0 Å². The van der Waals surface area contributed by atoms with E-state index in [-0.39, 0.29) is 11.5 Å². The molecule has 0 fully saturated rings. The number of benzene rings is 1. The zero-order valence-corrected chi connectivity index (χ0v) is 18.2. The molecule has 0 bridgehead atoms. The fourth-order valence-corrected chi connectivity index (χ4v) is 4.30. The van der Waals surface area contributed by atoms with E-state index in [1.807, 2.05) is 30.9 Å². The van der Waals surface area contributed by atoms with Crippen molar-refractivity contribution in [1.29, 1.82) is 0 Å². The second-order valence-electron chi connectivity index (χ2n) is 7.73. The first-order chi connectivity index (χ1) is 13.3. The molecule has 28 heavy (non-hydrogen) atoms. The minimum atomic E-state index is -0.246. The normalized spacial score (nSPS) is 15.2. The Kier molecular flexibility index (Phi) is 6.40. The van der Waals surface area contributed by atoms with Crippen LogP contribution in [-0.2, 0) is 22.6 Å². The number of carbonyl (C=O) groups excluding carboxylic acids is 1. The van der Waals surface area contributed by atoms with E-state index in [0.29, 0.717) is 12.4 Å². The van der Waals surface area contributed by atoms with E-state index in [0.717, 1.165) is 47.2 Å². The summed E-state index contributed by atoms with van der Waals surface area (Å²) in [5.41, 5.74) is 3.98. The SMILES string of the molecule is CCN(CC)C(=O)CSc1nc(-c2cccc(C)c2)nc2c1COC(C)(C)C2. The number of amides is 1. The molecule has 1 aromatic carbocycles. The maximum absolute atomic E-state index is 12.5. The molecule has 0 N–H and O–H groups in total. The highest BCUT2D eigenvalue weighted by molar-refractivity contribution is 7.99. The van der Waals surface area contributed by atoms with Gasteiger partial charge in [-0.05, 0) is 40.7 Å². The number of carbonyl (C=O) groups is 1. The number of thioether (sulfide) groups is 1. The molecule has 1 aromatic heterocycles. The third-order valence-electron chi connectivity index (χ3n) is 4.98. The number of hydrogen-bond acceptors (Lipinski definition) is 5. The molecule has 2 heterocycles. The maximum Gasteiger partial charge on any atom is 0.232 e. The van der Waals surface area contributed by atoms with Gasteiger partial charge in [-0.2, -0.15) is 0 Å². The van der Waals surface area contributed by atoms with E-state index >= 15 is 0 Å². The van der Waals surface area contributed by atoms with Crippen molar-refractivity contribution in [1.82, 2.24) is 14.9 Å². The van der Waals surface area contributed by atoms with Gasteiger partial charge in [0.1, 0.15) is 5.03 Å². The van der Waals surface area contributed by atoms with Gasteiger partial charge in [0.05, 0.1) is 23.7 Å². The summed E-state index contributed by atoms with van der Waals surface area (Å²) in [4.78, 5) is 24.0. The second kappa shape index (κ2) is 8.62. The summed E-state index contributed by atoms with van der Waals surface area (Å²) in [6.45, 7) is 12.2. The quantitative estimate of drug-likeness (QED) is 0.536. The lowest BCUT2D eigenvalue weighted by Crippen LogP contribution is -2.33. The van der Waals surface area contributed by atoms with Crippen LogP contribution < -0.4 is 0 Å². The second-order valence-corrected chi connectivity index (χ2v) is 8.69. The van der Waals surface area contributed by atoms with Crippen LogP contribution in [0.1, 0.15) is 44.5 Å². The van der Waals surface area contributed by atoms with Crippen molar-refractivity contribution in [2.45, 2.75) is 58.3 Å². The van der Waals surface area contributed by atoms with Gasteiger partial charge in [0.15, 0.2) is 5.82 Å². The Morgan fingerprint density at radius 1 is 1.25 bits per heavy atom. The minimum Gasteiger partial charge on any atom is -0.370 e. The van der Waals surface area contributed by atoms with E-state index in [2.05, 4.69) is 32.9 Å². The first-order valence-corrected chi connectivity index (χ1v) is 10.8. The number of ether oxygens (including phenoxy) is 1. The van der Waals surface area contributed by atoms with Crippen LogP contribution in [0.3, 0.4) is 0 Å². The number of hydrogen-bond donors (Lipinski definition) is 0. The molecule has 0 saturated carbocycles. The highest BCUT2D eigenvalue weighted by atomic mass is 32.2. The molecule has 1 aliphatic heterocycles. The Morgan fingerprint density at radius 3 is 2.68 bits per heavy atom. The number of aryl methyl sites for hydroxylation is 1. The van der Waals surface area contributed by atoms with Crippen LogP contribution in [0, 0.1) is 6.92 Å². The van der Waals surface area contributed by atoms with Crippen molar-refractivity contribution in [3.05, 3.63) is 41.1 Å². The molecule has 0 radical (unpaired) electrons. The predicted octanol–water partition coefficient (Wildman–Crippen LogP) is 4.26. The molecule has 0 atom stereocenters. The highest BCUT2D eigenvalue weighted by Gasteiger charge is 2.30. The molecule has 0 spiro atoms. The summed E-state index contributed by atoms with van der Waals surface area (Å²) < 4.78 is 6.01. The lowest BCUT2D eigenvalue weighted by Gasteiger charge is -2.32. The van der Waals surface area contributed by atoms with Gasteiger partial charge in [-0.1, -0.05) is 35.5 Å². The molecule has 0 saturated heterocycles. The van der Waals surface area contributed by atoms with Crippen molar-refractivity contribution in [3.8, 4) is 11.4 Å². The molecule has 0 aliphatic carbocycles. The Morgan fingerprint density at radius 2 is 2.00 bits per heavy atom. The van der Waals surface area contributed by atoms with Gasteiger partial charge in [0, 0.05) is 30.6 Å². The van der Waals surface area contributed by atoms with Crippen LogP contribution in [0.5, 0.6) is 0 Å². The Labute approximate surface area is 171 Å². The van der Waals surface area contributed by atoms with E-state index in [1.165, 1.54) is 17.3 Å². The van der Waals surface area contributed by atoms with Crippen LogP contribution >= 0.6 is 11.8 Å². The lowest BCUT2D eigenvalue weighted by atomic mass is 9.96. The Bertz CT molecular complexity index is 863. The Balaban J connectivity index is 1.96. The van der Waals surface area contributed by atoms with Crippen molar-refractivity contribution >= 4 is 17.7 Å². The van der Waals surface area contributed by atoms with Crippen molar-refractivity contribution in [2.75, 3.05) is 18.8 Å². The number of fused-ring (bicyclic) bond motifs is 1. The molecular weight excluding hydrogens is 370 g/mol. The summed E-state index contributed by atoms with van der Waals surface area (Å²) >= 11 is 1.49. The molecule has 6 heteroatoms. The summed E-state index contributed by atoms with van der Waals surface area (Å²) in [6, 6.07) is 8.23. The predicted molar refractivity (Wildman–Crippen MR) is 113 cm³/mol. The van der Waals surface area contributed by atoms with Crippen LogP contribution in [0.25, 0.3) is 11.4 Å². The van der Waals surface area contributed by atoms with E-state index in [4.69, 9.17) is 14.7 Å². The molecule has 1 aliphatic rings. The van der Waals surface area contributed by atoms with Gasteiger partial charge in [0.2, 0.25) is 5.91 Å². The number of rotatable bonds is 6. The summed E-state index contributed by atoms with van der Waals surface area (Å²) in [6.07, 6.45) is 0.737. The molecule has 3 rings (SSSR count). The van der Waals surface area contributed by atoms with Crippen LogP contribution in [0.4, 0.5) is 0 Å². The smallest absolute Gasteiger partial charge is 0.232 e. The van der Waals surface area contributed by atoms with Crippen LogP contribution in [0.15, 0.2) is 29.3 Å². The fraction of sp³-hybridized carbons (Fsp3) is 0.500. The molecular formula is C22H29N3O2S. The number of nitrogens with zero attached hydrogens (tertiary/aromatic N) is 3. The molecule has 0 unspecified atom stereocenters. The minimum absolute atomic E-state index is 0.136. The monoisotopic (exact) mass is 399 g/mol. The van der Waals surface area contributed by atoms with Crippen LogP contribution in [0.2, 0.25) is 0 Å². The average molecular weight is 400 g/mol. The van der Waals surface area contributed by atoms with Gasteiger partial charge in [-0.3, -0.25) is 4.79 Å². The van der Waals surface area contributed by atoms with Crippen molar-refractivity contribution < 1.29 is 9.53 Å². The van der Waals surface area contributed by atoms with Crippen molar-refractivity contribution in [2.24, 2.45) is 0 Å². The van der Waals surface area contributed by atoms with Gasteiger partial charge in [-0.15, -0.1) is 0 Å². The first-order valence-electron chi connectivity index (χ1n) is 9.84. The first kappa shape index (κ1) is 20.8. The number of aromatic nitrogens is 2. The summed E-state index contributed by atoms with van der Waals surface area (Å²) in [7, 11) is 0. The fourth-order valence-electron chi connectivity index (χ4n) is 3.35. The topological polar surface area (TPSA) is 55.3 Å². The summed E-state index contributed by atoms with van der Waals surface area (Å²) in [5, 5.41) is 0.859. The largest absolute Gasteiger partial charge is 0.370 e. The third kappa shape index (κ3) is 4.73. The molecule has 5 nitrogen and oxygen atoms in total. The molecule has 2 aromatic rings. The van der Waals surface area contributed by atoms with Gasteiger partial charge < -0.3 is 9.64 Å².